The number of likely N-dealkylation sites (tertiary alicyclic amines) is 1. The first kappa shape index (κ1) is 25.2. The van der Waals surface area contributed by atoms with Crippen molar-refractivity contribution in [3.05, 3.63) is 12.2 Å². The first-order chi connectivity index (χ1) is 13.8. The number of aliphatic hydroxyl groups excluding tert-OH is 1. The van der Waals surface area contributed by atoms with E-state index >= 15 is 0 Å². The molecule has 1 heterocycles. The van der Waals surface area contributed by atoms with Gasteiger partial charge in [0.1, 0.15) is 0 Å². The fourth-order valence-corrected chi connectivity index (χ4v) is 3.38. The maximum absolute atomic E-state index is 12.2. The molecular weight excluding hydrogens is 366 g/mol. The fraction of sp³-hybridized carbons (Fsp3) is 0.750. The Labute approximate surface area is 176 Å². The number of esters is 1. The van der Waals surface area contributed by atoms with Crippen LogP contribution < -0.4 is 0 Å². The van der Waals surface area contributed by atoms with Gasteiger partial charge in [-0.3, -0.25) is 9.59 Å². The third-order valence-electron chi connectivity index (χ3n) is 5.11. The van der Waals surface area contributed by atoms with Crippen LogP contribution in [0.1, 0.15) is 85.5 Å². The number of nitrogens with zero attached hydrogens (tertiary/aromatic N) is 1. The van der Waals surface area contributed by atoms with E-state index in [1.165, 1.54) is 0 Å². The van der Waals surface area contributed by atoms with E-state index in [4.69, 9.17) is 4.74 Å². The highest BCUT2D eigenvalue weighted by atomic mass is 16.5. The maximum atomic E-state index is 12.2. The number of aliphatic hydroxyl groups is 1. The molecule has 1 N–H and O–H groups in total. The van der Waals surface area contributed by atoms with Crippen molar-refractivity contribution in [3.63, 3.8) is 0 Å². The van der Waals surface area contributed by atoms with Crippen molar-refractivity contribution in [2.24, 2.45) is 5.92 Å². The van der Waals surface area contributed by atoms with Gasteiger partial charge >= 0.3 is 5.97 Å². The van der Waals surface area contributed by atoms with Crippen LogP contribution in [0.25, 0.3) is 0 Å². The molecule has 1 unspecified atom stereocenters. The minimum Gasteiger partial charge on any atom is -0.463 e. The SMILES string of the molecule is CCC#CC[C@H](C)[C@H](O)C=CC1CCC(=O)N1CCCCCCC(=O)OC(C)C. The van der Waals surface area contributed by atoms with Gasteiger partial charge in [-0.05, 0) is 39.0 Å². The first-order valence-corrected chi connectivity index (χ1v) is 11.2. The standard InChI is InChI=1S/C24H39NO4/c1-5-6-9-12-20(4)22(26)16-14-21-15-17-23(27)25(21)18-11-8-7-10-13-24(28)29-19(2)3/h14,16,19-22,26H,5,7-8,10-13,15,17-18H2,1-4H3/t20-,21?,22+/m0/s1. The molecule has 164 valence electrons. The summed E-state index contributed by atoms with van der Waals surface area (Å²) in [5.74, 6) is 6.26. The number of ether oxygens (including phenoxy) is 1. The molecule has 1 saturated heterocycles. The van der Waals surface area contributed by atoms with Crippen LogP contribution in [0.2, 0.25) is 0 Å². The molecule has 0 bridgehead atoms. The average Bonchev–Trinajstić information content (AvgIpc) is 3.01. The van der Waals surface area contributed by atoms with Gasteiger partial charge in [-0.1, -0.05) is 38.8 Å². The smallest absolute Gasteiger partial charge is 0.306 e. The van der Waals surface area contributed by atoms with Gasteiger partial charge in [0.05, 0.1) is 18.2 Å². The third kappa shape index (κ3) is 10.5. The Kier molecular flexibility index (Phi) is 12.4. The Morgan fingerprint density at radius 1 is 1.24 bits per heavy atom. The molecule has 0 aromatic heterocycles. The van der Waals surface area contributed by atoms with E-state index in [0.717, 1.165) is 45.1 Å². The van der Waals surface area contributed by atoms with Crippen molar-refractivity contribution < 1.29 is 19.4 Å². The van der Waals surface area contributed by atoms with E-state index in [-0.39, 0.29) is 29.9 Å². The number of hydrogen-bond donors (Lipinski definition) is 1. The van der Waals surface area contributed by atoms with Gasteiger partial charge in [0.25, 0.3) is 0 Å². The molecule has 1 aliphatic rings. The number of carbonyl (C=O) groups is 2. The van der Waals surface area contributed by atoms with Crippen LogP contribution in [0.5, 0.6) is 0 Å². The molecule has 0 radical (unpaired) electrons. The van der Waals surface area contributed by atoms with Crippen LogP contribution in [0.15, 0.2) is 12.2 Å². The Balaban J connectivity index is 2.33. The van der Waals surface area contributed by atoms with Crippen molar-refractivity contribution in [2.45, 2.75) is 104 Å². The van der Waals surface area contributed by atoms with Crippen molar-refractivity contribution in [2.75, 3.05) is 6.54 Å². The topological polar surface area (TPSA) is 66.8 Å². The summed E-state index contributed by atoms with van der Waals surface area (Å²) < 4.78 is 5.13. The van der Waals surface area contributed by atoms with Gasteiger partial charge in [-0.15, -0.1) is 11.8 Å². The monoisotopic (exact) mass is 405 g/mol. The van der Waals surface area contributed by atoms with Crippen molar-refractivity contribution in [3.8, 4) is 11.8 Å². The fourth-order valence-electron chi connectivity index (χ4n) is 3.38. The molecule has 3 atom stereocenters. The molecule has 0 aromatic rings. The van der Waals surface area contributed by atoms with Gasteiger partial charge in [0.15, 0.2) is 0 Å². The third-order valence-corrected chi connectivity index (χ3v) is 5.11. The Hall–Kier alpha value is -1.80. The molecule has 0 spiro atoms. The lowest BCUT2D eigenvalue weighted by Crippen LogP contribution is -2.33. The summed E-state index contributed by atoms with van der Waals surface area (Å²) in [5.41, 5.74) is 0. The molecule has 5 heteroatoms. The molecule has 5 nitrogen and oxygen atoms in total. The van der Waals surface area contributed by atoms with Gasteiger partial charge in [-0.25, -0.2) is 0 Å². The summed E-state index contributed by atoms with van der Waals surface area (Å²) in [6.07, 6.45) is 10.3. The second-order valence-electron chi connectivity index (χ2n) is 8.16. The predicted molar refractivity (Wildman–Crippen MR) is 116 cm³/mol. The van der Waals surface area contributed by atoms with E-state index in [0.29, 0.717) is 19.3 Å². The average molecular weight is 406 g/mol. The second kappa shape index (κ2) is 14.2. The van der Waals surface area contributed by atoms with E-state index < -0.39 is 6.10 Å². The zero-order valence-corrected chi connectivity index (χ0v) is 18.7. The highest BCUT2D eigenvalue weighted by Crippen LogP contribution is 2.22. The van der Waals surface area contributed by atoms with E-state index in [9.17, 15) is 14.7 Å². The summed E-state index contributed by atoms with van der Waals surface area (Å²) in [6, 6.07) is 0.0760. The normalized spacial score (nSPS) is 18.8. The molecule has 1 rings (SSSR count). The van der Waals surface area contributed by atoms with Crippen molar-refractivity contribution in [1.29, 1.82) is 0 Å². The highest BCUT2D eigenvalue weighted by molar-refractivity contribution is 5.79. The largest absolute Gasteiger partial charge is 0.463 e. The molecule has 1 aliphatic heterocycles. The molecule has 0 saturated carbocycles. The minimum atomic E-state index is -0.538. The predicted octanol–water partition coefficient (Wildman–Crippen LogP) is 4.24. The lowest BCUT2D eigenvalue weighted by atomic mass is 10.00. The van der Waals surface area contributed by atoms with Gasteiger partial charge < -0.3 is 14.7 Å². The number of carbonyl (C=O) groups excluding carboxylic acids is 2. The lowest BCUT2D eigenvalue weighted by Gasteiger charge is -2.23. The van der Waals surface area contributed by atoms with Gasteiger partial charge in [0, 0.05) is 32.2 Å². The van der Waals surface area contributed by atoms with Crippen LogP contribution in [0, 0.1) is 17.8 Å². The van der Waals surface area contributed by atoms with Crippen LogP contribution in [0.4, 0.5) is 0 Å². The Bertz CT molecular complexity index is 587. The van der Waals surface area contributed by atoms with Crippen molar-refractivity contribution >= 4 is 11.9 Å². The van der Waals surface area contributed by atoms with Crippen LogP contribution >= 0.6 is 0 Å². The summed E-state index contributed by atoms with van der Waals surface area (Å²) in [7, 11) is 0. The number of rotatable bonds is 12. The van der Waals surface area contributed by atoms with Crippen LogP contribution in [-0.4, -0.2) is 46.7 Å². The van der Waals surface area contributed by atoms with E-state index in [1.54, 1.807) is 0 Å². The molecular formula is C24H39NO4. The van der Waals surface area contributed by atoms with Gasteiger partial charge in [-0.2, -0.15) is 0 Å². The Morgan fingerprint density at radius 2 is 1.97 bits per heavy atom. The quantitative estimate of drug-likeness (QED) is 0.228. The van der Waals surface area contributed by atoms with Crippen molar-refractivity contribution in [1.82, 2.24) is 4.90 Å². The minimum absolute atomic E-state index is 0.0561. The molecule has 29 heavy (non-hydrogen) atoms. The molecule has 0 aromatic carbocycles. The van der Waals surface area contributed by atoms with E-state index in [2.05, 4.69) is 11.8 Å². The Morgan fingerprint density at radius 3 is 2.66 bits per heavy atom. The number of hydrogen-bond acceptors (Lipinski definition) is 4. The van der Waals surface area contributed by atoms with Crippen LogP contribution in [-0.2, 0) is 14.3 Å². The summed E-state index contributed by atoms with van der Waals surface area (Å²) in [5, 5.41) is 10.3. The molecule has 1 fully saturated rings. The molecule has 0 aliphatic carbocycles. The summed E-state index contributed by atoms with van der Waals surface area (Å²) >= 11 is 0. The molecule has 1 amide bonds. The maximum Gasteiger partial charge on any atom is 0.306 e. The lowest BCUT2D eigenvalue weighted by molar-refractivity contribution is -0.147. The highest BCUT2D eigenvalue weighted by Gasteiger charge is 2.28. The second-order valence-corrected chi connectivity index (χ2v) is 8.16. The number of unbranched alkanes of at least 4 members (excludes halogenated alkanes) is 3. The van der Waals surface area contributed by atoms with Crippen LogP contribution in [0.3, 0.4) is 0 Å². The summed E-state index contributed by atoms with van der Waals surface area (Å²) in [4.78, 5) is 25.6. The first-order valence-electron chi connectivity index (χ1n) is 11.2. The summed E-state index contributed by atoms with van der Waals surface area (Å²) in [6.45, 7) is 8.46. The zero-order valence-electron chi connectivity index (χ0n) is 18.7. The van der Waals surface area contributed by atoms with Gasteiger partial charge in [0.2, 0.25) is 5.91 Å². The van der Waals surface area contributed by atoms with E-state index in [1.807, 2.05) is 44.7 Å². The number of amides is 1. The zero-order chi connectivity index (χ0) is 21.6.